The number of ether oxygens (including phenoxy) is 1. The van der Waals surface area contributed by atoms with E-state index in [-0.39, 0.29) is 18.2 Å². The molecule has 148 valence electrons. The van der Waals surface area contributed by atoms with Crippen molar-refractivity contribution in [2.45, 2.75) is 32.2 Å². The van der Waals surface area contributed by atoms with Gasteiger partial charge in [0.15, 0.2) is 5.82 Å². The Morgan fingerprint density at radius 1 is 1.18 bits per heavy atom. The summed E-state index contributed by atoms with van der Waals surface area (Å²) in [6, 6.07) is 10.6. The SMILES string of the molecule is COc1ccc([C@H](CC(=O)Nc2cccnc2N2CCCC2)NC(C)=O)cc1. The summed E-state index contributed by atoms with van der Waals surface area (Å²) in [5, 5.41) is 5.82. The Hall–Kier alpha value is -3.09. The topological polar surface area (TPSA) is 83.6 Å². The van der Waals surface area contributed by atoms with Crippen LogP contribution in [0.15, 0.2) is 42.6 Å². The molecule has 2 N–H and O–H groups in total. The van der Waals surface area contributed by atoms with Crippen molar-refractivity contribution in [3.05, 3.63) is 48.2 Å². The molecule has 0 bridgehead atoms. The number of rotatable bonds is 7. The molecule has 2 amide bonds. The maximum absolute atomic E-state index is 12.7. The van der Waals surface area contributed by atoms with Gasteiger partial charge in [0.2, 0.25) is 11.8 Å². The number of hydrogen-bond donors (Lipinski definition) is 2. The molecule has 0 unspecified atom stereocenters. The Labute approximate surface area is 165 Å². The van der Waals surface area contributed by atoms with Crippen molar-refractivity contribution in [1.82, 2.24) is 10.3 Å². The fourth-order valence-electron chi connectivity index (χ4n) is 3.40. The van der Waals surface area contributed by atoms with E-state index in [1.165, 1.54) is 6.92 Å². The molecule has 7 nitrogen and oxygen atoms in total. The second-order valence-electron chi connectivity index (χ2n) is 6.85. The van der Waals surface area contributed by atoms with E-state index in [1.54, 1.807) is 13.3 Å². The van der Waals surface area contributed by atoms with Gasteiger partial charge in [0, 0.05) is 26.2 Å². The summed E-state index contributed by atoms with van der Waals surface area (Å²) >= 11 is 0. The van der Waals surface area contributed by atoms with Crippen molar-refractivity contribution in [3.8, 4) is 5.75 Å². The number of benzene rings is 1. The molecule has 3 rings (SSSR count). The second-order valence-corrected chi connectivity index (χ2v) is 6.85. The van der Waals surface area contributed by atoms with Gasteiger partial charge in [-0.3, -0.25) is 9.59 Å². The first-order valence-electron chi connectivity index (χ1n) is 9.47. The number of nitrogens with zero attached hydrogens (tertiary/aromatic N) is 2. The molecule has 1 aliphatic heterocycles. The number of amides is 2. The van der Waals surface area contributed by atoms with Gasteiger partial charge in [-0.05, 0) is 42.7 Å². The molecular weight excluding hydrogens is 356 g/mol. The van der Waals surface area contributed by atoms with Crippen LogP contribution >= 0.6 is 0 Å². The van der Waals surface area contributed by atoms with Crippen LogP contribution in [-0.2, 0) is 9.59 Å². The highest BCUT2D eigenvalue weighted by Crippen LogP contribution is 2.27. The van der Waals surface area contributed by atoms with Gasteiger partial charge in [-0.25, -0.2) is 4.98 Å². The molecule has 1 aromatic heterocycles. The molecule has 1 aromatic carbocycles. The average molecular weight is 382 g/mol. The second kappa shape index (κ2) is 9.21. The van der Waals surface area contributed by atoms with E-state index in [0.717, 1.165) is 43.1 Å². The molecule has 0 aliphatic carbocycles. The minimum absolute atomic E-state index is 0.125. The standard InChI is InChI=1S/C21H26N4O3/c1-15(26)23-19(16-7-9-17(28-2)10-8-16)14-20(27)24-18-6-5-11-22-21(18)25-12-3-4-13-25/h5-11,19H,3-4,12-14H2,1-2H3,(H,23,26)(H,24,27)/t19-/m0/s1. The van der Waals surface area contributed by atoms with E-state index in [1.807, 2.05) is 36.4 Å². The number of pyridine rings is 1. The Balaban J connectivity index is 1.72. The average Bonchev–Trinajstić information content (AvgIpc) is 3.22. The van der Waals surface area contributed by atoms with Crippen molar-refractivity contribution in [2.24, 2.45) is 0 Å². The minimum Gasteiger partial charge on any atom is -0.497 e. The summed E-state index contributed by atoms with van der Waals surface area (Å²) in [6.07, 6.45) is 4.12. The van der Waals surface area contributed by atoms with Crippen LogP contribution in [0.4, 0.5) is 11.5 Å². The van der Waals surface area contributed by atoms with E-state index in [0.29, 0.717) is 5.69 Å². The van der Waals surface area contributed by atoms with Gasteiger partial charge in [0.05, 0.1) is 25.3 Å². The summed E-state index contributed by atoms with van der Waals surface area (Å²) < 4.78 is 5.17. The summed E-state index contributed by atoms with van der Waals surface area (Å²) in [6.45, 7) is 3.33. The molecule has 7 heteroatoms. The van der Waals surface area contributed by atoms with E-state index < -0.39 is 6.04 Å². The molecule has 2 heterocycles. The fourth-order valence-corrected chi connectivity index (χ4v) is 3.40. The summed E-state index contributed by atoms with van der Waals surface area (Å²) in [4.78, 5) is 31.0. The molecule has 0 spiro atoms. The predicted octanol–water partition coefficient (Wildman–Crippen LogP) is 2.90. The zero-order valence-electron chi connectivity index (χ0n) is 16.3. The van der Waals surface area contributed by atoms with Gasteiger partial charge in [-0.1, -0.05) is 12.1 Å². The lowest BCUT2D eigenvalue weighted by molar-refractivity contribution is -0.120. The van der Waals surface area contributed by atoms with Gasteiger partial charge < -0.3 is 20.3 Å². The van der Waals surface area contributed by atoms with Gasteiger partial charge in [-0.2, -0.15) is 0 Å². The van der Waals surface area contributed by atoms with Gasteiger partial charge >= 0.3 is 0 Å². The third kappa shape index (κ3) is 5.00. The van der Waals surface area contributed by atoms with Crippen LogP contribution < -0.4 is 20.3 Å². The van der Waals surface area contributed by atoms with Crippen LogP contribution in [0.3, 0.4) is 0 Å². The molecule has 1 fully saturated rings. The van der Waals surface area contributed by atoms with Crippen molar-refractivity contribution in [1.29, 1.82) is 0 Å². The highest BCUT2D eigenvalue weighted by molar-refractivity contribution is 5.94. The van der Waals surface area contributed by atoms with Crippen molar-refractivity contribution < 1.29 is 14.3 Å². The first kappa shape index (κ1) is 19.7. The number of carbonyl (C=O) groups excluding carboxylic acids is 2. The number of aromatic nitrogens is 1. The van der Waals surface area contributed by atoms with Crippen LogP contribution in [0.5, 0.6) is 5.75 Å². The Kier molecular flexibility index (Phi) is 6.47. The normalized spacial score (nSPS) is 14.4. The number of nitrogens with one attached hydrogen (secondary N) is 2. The first-order valence-corrected chi connectivity index (χ1v) is 9.47. The predicted molar refractivity (Wildman–Crippen MR) is 108 cm³/mol. The quantitative estimate of drug-likeness (QED) is 0.769. The van der Waals surface area contributed by atoms with E-state index >= 15 is 0 Å². The fraction of sp³-hybridized carbons (Fsp3) is 0.381. The number of anilines is 2. The Bertz CT molecular complexity index is 817. The van der Waals surface area contributed by atoms with Crippen molar-refractivity contribution >= 4 is 23.3 Å². The molecular formula is C21H26N4O3. The van der Waals surface area contributed by atoms with Crippen molar-refractivity contribution in [3.63, 3.8) is 0 Å². The maximum Gasteiger partial charge on any atom is 0.226 e. The zero-order chi connectivity index (χ0) is 19.9. The van der Waals surface area contributed by atoms with Gasteiger partial charge in [0.1, 0.15) is 5.75 Å². The summed E-state index contributed by atoms with van der Waals surface area (Å²) in [5.41, 5.74) is 1.54. The maximum atomic E-state index is 12.7. The lowest BCUT2D eigenvalue weighted by Crippen LogP contribution is -2.30. The summed E-state index contributed by atoms with van der Waals surface area (Å²) in [5.74, 6) is 1.16. The molecule has 0 radical (unpaired) electrons. The van der Waals surface area contributed by atoms with E-state index in [2.05, 4.69) is 20.5 Å². The molecule has 1 aliphatic rings. The summed E-state index contributed by atoms with van der Waals surface area (Å²) in [7, 11) is 1.60. The molecule has 1 saturated heterocycles. The lowest BCUT2D eigenvalue weighted by atomic mass is 10.0. The van der Waals surface area contributed by atoms with Crippen LogP contribution in [-0.4, -0.2) is 37.0 Å². The van der Waals surface area contributed by atoms with Crippen molar-refractivity contribution in [2.75, 3.05) is 30.4 Å². The van der Waals surface area contributed by atoms with E-state index in [9.17, 15) is 9.59 Å². The van der Waals surface area contributed by atoms with Gasteiger partial charge in [-0.15, -0.1) is 0 Å². The largest absolute Gasteiger partial charge is 0.497 e. The smallest absolute Gasteiger partial charge is 0.226 e. The zero-order valence-corrected chi connectivity index (χ0v) is 16.3. The monoisotopic (exact) mass is 382 g/mol. The molecule has 28 heavy (non-hydrogen) atoms. The molecule has 1 atom stereocenters. The lowest BCUT2D eigenvalue weighted by Gasteiger charge is -2.21. The highest BCUT2D eigenvalue weighted by atomic mass is 16.5. The number of methoxy groups -OCH3 is 1. The number of hydrogen-bond acceptors (Lipinski definition) is 5. The van der Waals surface area contributed by atoms with Crippen LogP contribution in [0.1, 0.15) is 37.8 Å². The minimum atomic E-state index is -0.421. The number of carbonyl (C=O) groups is 2. The third-order valence-corrected chi connectivity index (χ3v) is 4.75. The van der Waals surface area contributed by atoms with E-state index in [4.69, 9.17) is 4.74 Å². The third-order valence-electron chi connectivity index (χ3n) is 4.75. The molecule has 0 saturated carbocycles. The highest BCUT2D eigenvalue weighted by Gasteiger charge is 2.21. The first-order chi connectivity index (χ1) is 13.6. The molecule has 2 aromatic rings. The Morgan fingerprint density at radius 3 is 2.54 bits per heavy atom. The van der Waals surface area contributed by atoms with Crippen LogP contribution in [0, 0.1) is 0 Å². The van der Waals surface area contributed by atoms with Crippen LogP contribution in [0.2, 0.25) is 0 Å². The van der Waals surface area contributed by atoms with Crippen LogP contribution in [0.25, 0.3) is 0 Å². The Morgan fingerprint density at radius 2 is 1.89 bits per heavy atom. The van der Waals surface area contributed by atoms with Gasteiger partial charge in [0.25, 0.3) is 0 Å².